The van der Waals surface area contributed by atoms with E-state index in [0.717, 1.165) is 5.56 Å². The second kappa shape index (κ2) is 13.7. The molecule has 0 spiro atoms. The molecule has 0 aliphatic carbocycles. The molecule has 0 fully saturated rings. The Morgan fingerprint density at radius 2 is 1.90 bits per heavy atom. The fourth-order valence-corrected chi connectivity index (χ4v) is 4.58. The number of carbonyl (C=O) groups excluding carboxylic acids is 2. The molecule has 212 valence electrons. The molecule has 0 aromatic heterocycles. The van der Waals surface area contributed by atoms with Gasteiger partial charge in [0, 0.05) is 11.1 Å². The lowest BCUT2D eigenvalue weighted by molar-refractivity contribution is -0.123. The average molecular weight is 621 g/mol. The van der Waals surface area contributed by atoms with Gasteiger partial charge in [0.15, 0.2) is 23.0 Å². The SMILES string of the molecule is CCOc1cc(C=NNC(=O)C(NC(=O)c2ccc3c(c2)OCO3)C(C)C)cc(Br)c1OCc1ccccc1C#N. The van der Waals surface area contributed by atoms with Crippen molar-refractivity contribution in [2.24, 2.45) is 11.0 Å². The summed E-state index contributed by atoms with van der Waals surface area (Å²) in [5.74, 6) is 0.910. The standard InChI is InChI=1S/C30H29BrN4O6/c1-4-38-26-12-19(11-23(31)28(26)39-16-22-8-6-5-7-21(22)14-32)15-33-35-30(37)27(18(2)3)34-29(36)20-9-10-24-25(13-20)41-17-40-24/h5-13,15,18,27H,4,16-17H2,1-3H3,(H,34,36)(H,35,37). The number of hydrazone groups is 1. The number of carbonyl (C=O) groups is 2. The van der Waals surface area contributed by atoms with Crippen LogP contribution in [0.3, 0.4) is 0 Å². The number of nitrogens with one attached hydrogen (secondary N) is 2. The number of rotatable bonds is 11. The van der Waals surface area contributed by atoms with Crippen molar-refractivity contribution in [3.05, 3.63) is 81.3 Å². The van der Waals surface area contributed by atoms with Gasteiger partial charge in [-0.2, -0.15) is 10.4 Å². The Morgan fingerprint density at radius 1 is 1.12 bits per heavy atom. The van der Waals surface area contributed by atoms with Crippen molar-refractivity contribution in [3.63, 3.8) is 0 Å². The highest BCUT2D eigenvalue weighted by Gasteiger charge is 2.25. The topological polar surface area (TPSA) is 131 Å². The lowest BCUT2D eigenvalue weighted by Crippen LogP contribution is -2.48. The molecule has 0 bridgehead atoms. The molecule has 0 saturated carbocycles. The van der Waals surface area contributed by atoms with Crippen LogP contribution in [-0.2, 0) is 11.4 Å². The van der Waals surface area contributed by atoms with Crippen molar-refractivity contribution >= 4 is 34.0 Å². The lowest BCUT2D eigenvalue weighted by atomic mass is 10.0. The van der Waals surface area contributed by atoms with Gasteiger partial charge in [0.05, 0.1) is 28.9 Å². The van der Waals surface area contributed by atoms with E-state index in [1.54, 1.807) is 42.5 Å². The molecule has 41 heavy (non-hydrogen) atoms. The van der Waals surface area contributed by atoms with Crippen LogP contribution in [-0.4, -0.2) is 37.5 Å². The number of nitrogens with zero attached hydrogens (tertiary/aromatic N) is 2. The molecule has 2 N–H and O–H groups in total. The largest absolute Gasteiger partial charge is 0.490 e. The van der Waals surface area contributed by atoms with Gasteiger partial charge in [-0.1, -0.05) is 32.0 Å². The minimum Gasteiger partial charge on any atom is -0.490 e. The van der Waals surface area contributed by atoms with Gasteiger partial charge in [0.2, 0.25) is 6.79 Å². The summed E-state index contributed by atoms with van der Waals surface area (Å²) < 4.78 is 23.0. The van der Waals surface area contributed by atoms with Gasteiger partial charge in [0.25, 0.3) is 11.8 Å². The maximum absolute atomic E-state index is 12.9. The highest BCUT2D eigenvalue weighted by atomic mass is 79.9. The molecule has 1 heterocycles. The van der Waals surface area contributed by atoms with Crippen molar-refractivity contribution in [1.82, 2.24) is 10.7 Å². The van der Waals surface area contributed by atoms with E-state index in [2.05, 4.69) is 37.8 Å². The van der Waals surface area contributed by atoms with Crippen LogP contribution in [0.15, 0.2) is 64.2 Å². The first-order valence-electron chi connectivity index (χ1n) is 12.9. The quantitative estimate of drug-likeness (QED) is 0.229. The van der Waals surface area contributed by atoms with Crippen LogP contribution in [0.5, 0.6) is 23.0 Å². The summed E-state index contributed by atoms with van der Waals surface area (Å²) in [6.45, 7) is 6.19. The molecule has 2 amide bonds. The molecule has 0 saturated heterocycles. The zero-order valence-electron chi connectivity index (χ0n) is 22.8. The van der Waals surface area contributed by atoms with E-state index in [0.29, 0.717) is 50.8 Å². The first kappa shape index (κ1) is 29.4. The smallest absolute Gasteiger partial charge is 0.262 e. The molecule has 0 radical (unpaired) electrons. The normalized spacial score (nSPS) is 12.6. The van der Waals surface area contributed by atoms with Gasteiger partial charge < -0.3 is 24.3 Å². The number of nitriles is 1. The zero-order valence-corrected chi connectivity index (χ0v) is 24.4. The predicted molar refractivity (Wildman–Crippen MR) is 155 cm³/mol. The maximum atomic E-state index is 12.9. The lowest BCUT2D eigenvalue weighted by Gasteiger charge is -2.20. The number of ether oxygens (including phenoxy) is 4. The maximum Gasteiger partial charge on any atom is 0.262 e. The summed E-state index contributed by atoms with van der Waals surface area (Å²) in [4.78, 5) is 25.8. The fourth-order valence-electron chi connectivity index (χ4n) is 4.01. The number of hydrogen-bond acceptors (Lipinski definition) is 8. The van der Waals surface area contributed by atoms with Gasteiger partial charge >= 0.3 is 0 Å². The summed E-state index contributed by atoms with van der Waals surface area (Å²) in [5.41, 5.74) is 4.78. The predicted octanol–water partition coefficient (Wildman–Crippen LogP) is 4.93. The Labute approximate surface area is 246 Å². The first-order chi connectivity index (χ1) is 19.8. The van der Waals surface area contributed by atoms with Crippen molar-refractivity contribution in [2.75, 3.05) is 13.4 Å². The Hall–Kier alpha value is -4.56. The Kier molecular flexibility index (Phi) is 9.81. The molecule has 11 heteroatoms. The average Bonchev–Trinajstić information content (AvgIpc) is 3.43. The second-order valence-electron chi connectivity index (χ2n) is 9.32. The highest BCUT2D eigenvalue weighted by Crippen LogP contribution is 2.37. The fraction of sp³-hybridized carbons (Fsp3) is 0.267. The summed E-state index contributed by atoms with van der Waals surface area (Å²) in [6.07, 6.45) is 1.47. The third-order valence-corrected chi connectivity index (χ3v) is 6.69. The molecular weight excluding hydrogens is 592 g/mol. The summed E-state index contributed by atoms with van der Waals surface area (Å²) in [6, 6.07) is 16.9. The van der Waals surface area contributed by atoms with Crippen LogP contribution in [0, 0.1) is 17.2 Å². The Morgan fingerprint density at radius 3 is 2.66 bits per heavy atom. The van der Waals surface area contributed by atoms with E-state index in [1.807, 2.05) is 32.9 Å². The molecule has 1 atom stereocenters. The summed E-state index contributed by atoms with van der Waals surface area (Å²) in [7, 11) is 0. The Balaban J connectivity index is 1.42. The number of amides is 2. The van der Waals surface area contributed by atoms with Crippen LogP contribution >= 0.6 is 15.9 Å². The molecule has 10 nitrogen and oxygen atoms in total. The molecule has 1 aliphatic rings. The Bertz CT molecular complexity index is 1500. The van der Waals surface area contributed by atoms with Crippen LogP contribution in [0.4, 0.5) is 0 Å². The molecule has 3 aromatic rings. The monoisotopic (exact) mass is 620 g/mol. The van der Waals surface area contributed by atoms with Crippen LogP contribution in [0.2, 0.25) is 0 Å². The van der Waals surface area contributed by atoms with Gasteiger partial charge in [-0.25, -0.2) is 5.43 Å². The van der Waals surface area contributed by atoms with Crippen LogP contribution in [0.1, 0.15) is 47.8 Å². The van der Waals surface area contributed by atoms with E-state index in [9.17, 15) is 14.9 Å². The zero-order chi connectivity index (χ0) is 29.4. The molecule has 1 unspecified atom stereocenters. The number of halogens is 1. The number of benzene rings is 3. The minimum atomic E-state index is -0.831. The summed E-state index contributed by atoms with van der Waals surface area (Å²) >= 11 is 3.52. The highest BCUT2D eigenvalue weighted by molar-refractivity contribution is 9.10. The van der Waals surface area contributed by atoms with Crippen LogP contribution < -0.4 is 29.7 Å². The second-order valence-corrected chi connectivity index (χ2v) is 10.2. The third kappa shape index (κ3) is 7.35. The third-order valence-electron chi connectivity index (χ3n) is 6.10. The van der Waals surface area contributed by atoms with Crippen molar-refractivity contribution in [1.29, 1.82) is 5.26 Å². The van der Waals surface area contributed by atoms with Gasteiger partial charge in [-0.3, -0.25) is 9.59 Å². The van der Waals surface area contributed by atoms with E-state index in [4.69, 9.17) is 18.9 Å². The van der Waals surface area contributed by atoms with E-state index < -0.39 is 17.9 Å². The molecule has 1 aliphatic heterocycles. The molecular formula is C30H29BrN4O6. The molecule has 4 rings (SSSR count). The van der Waals surface area contributed by atoms with Gasteiger partial charge in [-0.05, 0) is 70.7 Å². The van der Waals surface area contributed by atoms with E-state index in [1.165, 1.54) is 6.21 Å². The van der Waals surface area contributed by atoms with Gasteiger partial charge in [-0.15, -0.1) is 0 Å². The van der Waals surface area contributed by atoms with Crippen LogP contribution in [0.25, 0.3) is 0 Å². The van der Waals surface area contributed by atoms with Gasteiger partial charge in [0.1, 0.15) is 12.6 Å². The first-order valence-corrected chi connectivity index (χ1v) is 13.7. The molecule has 3 aromatic carbocycles. The minimum absolute atomic E-state index is 0.102. The number of fused-ring (bicyclic) bond motifs is 1. The van der Waals surface area contributed by atoms with E-state index >= 15 is 0 Å². The van der Waals surface area contributed by atoms with Crippen molar-refractivity contribution in [3.8, 4) is 29.1 Å². The summed E-state index contributed by atoms with van der Waals surface area (Å²) in [5, 5.41) is 16.2. The van der Waals surface area contributed by atoms with E-state index in [-0.39, 0.29) is 19.3 Å². The van der Waals surface area contributed by atoms with Crippen molar-refractivity contribution in [2.45, 2.75) is 33.4 Å². The number of hydrogen-bond donors (Lipinski definition) is 2. The van der Waals surface area contributed by atoms with Crippen molar-refractivity contribution < 1.29 is 28.5 Å².